The van der Waals surface area contributed by atoms with Gasteiger partial charge in [-0.2, -0.15) is 0 Å². The second-order valence-electron chi connectivity index (χ2n) is 3.82. The third-order valence-electron chi connectivity index (χ3n) is 2.53. The molecule has 0 heterocycles. The highest BCUT2D eigenvalue weighted by Crippen LogP contribution is 2.11. The summed E-state index contributed by atoms with van der Waals surface area (Å²) in [5.74, 6) is 0.281. The van der Waals surface area contributed by atoms with Crippen LogP contribution in [0.15, 0.2) is 35.5 Å². The molecule has 5 heteroatoms. The highest BCUT2D eigenvalue weighted by Gasteiger charge is 2.11. The number of nitrogens with zero attached hydrogens (tertiary/aromatic N) is 1. The predicted molar refractivity (Wildman–Crippen MR) is 72.9 cm³/mol. The molecule has 1 aromatic rings. The summed E-state index contributed by atoms with van der Waals surface area (Å²) in [6.07, 6.45) is 1.00. The summed E-state index contributed by atoms with van der Waals surface area (Å²) in [6, 6.07) is 7.28. The first-order chi connectivity index (χ1) is 9.12. The van der Waals surface area contributed by atoms with E-state index in [-0.39, 0.29) is 5.70 Å². The van der Waals surface area contributed by atoms with Crippen molar-refractivity contribution >= 4 is 12.1 Å². The Morgan fingerprint density at radius 3 is 2.58 bits per heavy atom. The molecule has 0 spiro atoms. The van der Waals surface area contributed by atoms with Crippen LogP contribution in [0.4, 0.5) is 0 Å². The van der Waals surface area contributed by atoms with E-state index in [2.05, 4.69) is 10.2 Å². The number of benzene rings is 1. The second-order valence-corrected chi connectivity index (χ2v) is 3.82. The van der Waals surface area contributed by atoms with Crippen molar-refractivity contribution < 1.29 is 9.53 Å². The molecule has 0 unspecified atom stereocenters. The average Bonchev–Trinajstić information content (AvgIpc) is 2.46. The SMILES string of the molecule is [C-]#[N+]/C(C(=O)NCc1ccc(OC)cc1)=C(\C)C=N. The lowest BCUT2D eigenvalue weighted by Gasteiger charge is -2.06. The summed E-state index contributed by atoms with van der Waals surface area (Å²) < 4.78 is 5.04. The van der Waals surface area contributed by atoms with Gasteiger partial charge in [0, 0.05) is 12.8 Å². The third kappa shape index (κ3) is 3.96. The average molecular weight is 257 g/mol. The quantitative estimate of drug-likeness (QED) is 0.482. The highest BCUT2D eigenvalue weighted by atomic mass is 16.5. The summed E-state index contributed by atoms with van der Waals surface area (Å²) in [5, 5.41) is 9.70. The van der Waals surface area contributed by atoms with Crippen LogP contribution in [0.1, 0.15) is 12.5 Å². The number of carbonyl (C=O) groups excluding carboxylic acids is 1. The van der Waals surface area contributed by atoms with E-state index in [1.807, 2.05) is 12.1 Å². The molecule has 0 fully saturated rings. The van der Waals surface area contributed by atoms with Gasteiger partial charge >= 0.3 is 0 Å². The first-order valence-electron chi connectivity index (χ1n) is 5.62. The van der Waals surface area contributed by atoms with Gasteiger partial charge in [0.1, 0.15) is 5.75 Å². The highest BCUT2D eigenvalue weighted by molar-refractivity contribution is 6.00. The number of amides is 1. The maximum absolute atomic E-state index is 11.8. The molecule has 0 aliphatic carbocycles. The van der Waals surface area contributed by atoms with Crippen molar-refractivity contribution in [3.63, 3.8) is 0 Å². The molecule has 0 saturated heterocycles. The lowest BCUT2D eigenvalue weighted by Crippen LogP contribution is -2.24. The molecule has 2 N–H and O–H groups in total. The van der Waals surface area contributed by atoms with Crippen molar-refractivity contribution in [2.75, 3.05) is 7.11 Å². The van der Waals surface area contributed by atoms with E-state index in [9.17, 15) is 4.79 Å². The third-order valence-corrected chi connectivity index (χ3v) is 2.53. The minimum atomic E-state index is -0.466. The molecule has 0 atom stereocenters. The Labute approximate surface area is 112 Å². The van der Waals surface area contributed by atoms with Gasteiger partial charge in [-0.25, -0.2) is 4.85 Å². The van der Waals surface area contributed by atoms with Crippen molar-refractivity contribution in [2.24, 2.45) is 0 Å². The van der Waals surface area contributed by atoms with Crippen molar-refractivity contribution in [1.29, 1.82) is 5.41 Å². The molecule has 1 aromatic carbocycles. The van der Waals surface area contributed by atoms with E-state index in [0.717, 1.165) is 17.5 Å². The number of rotatable bonds is 5. The van der Waals surface area contributed by atoms with E-state index in [1.165, 1.54) is 0 Å². The Balaban J connectivity index is 2.68. The molecule has 1 rings (SSSR count). The molecule has 0 bridgehead atoms. The van der Waals surface area contributed by atoms with Crippen molar-refractivity contribution in [3.8, 4) is 5.75 Å². The number of hydrogen-bond acceptors (Lipinski definition) is 3. The Hall–Kier alpha value is -2.61. The fourth-order valence-electron chi connectivity index (χ4n) is 1.40. The van der Waals surface area contributed by atoms with Crippen LogP contribution in [0.2, 0.25) is 0 Å². The van der Waals surface area contributed by atoms with Crippen LogP contribution in [0.3, 0.4) is 0 Å². The van der Waals surface area contributed by atoms with Gasteiger partial charge in [-0.1, -0.05) is 12.1 Å². The summed E-state index contributed by atoms with van der Waals surface area (Å²) in [7, 11) is 1.59. The zero-order chi connectivity index (χ0) is 14.3. The molecule has 1 amide bonds. The normalized spacial score (nSPS) is 11.0. The summed E-state index contributed by atoms with van der Waals surface area (Å²) >= 11 is 0. The first-order valence-corrected chi connectivity index (χ1v) is 5.62. The molecule has 0 saturated carbocycles. The van der Waals surface area contributed by atoms with Gasteiger partial charge in [0.05, 0.1) is 13.7 Å². The van der Waals surface area contributed by atoms with Crippen LogP contribution < -0.4 is 10.1 Å². The number of nitrogens with one attached hydrogen (secondary N) is 2. The smallest absolute Gasteiger partial charge is 0.254 e. The maximum atomic E-state index is 11.8. The Morgan fingerprint density at radius 2 is 2.11 bits per heavy atom. The van der Waals surface area contributed by atoms with Gasteiger partial charge in [-0.15, -0.1) is 0 Å². The topological polar surface area (TPSA) is 66.5 Å². The summed E-state index contributed by atoms with van der Waals surface area (Å²) in [4.78, 5) is 14.9. The van der Waals surface area contributed by atoms with Crippen molar-refractivity contribution in [1.82, 2.24) is 5.32 Å². The summed E-state index contributed by atoms with van der Waals surface area (Å²) in [5.41, 5.74) is 1.21. The van der Waals surface area contributed by atoms with Crippen LogP contribution in [0.25, 0.3) is 4.85 Å². The lowest BCUT2D eigenvalue weighted by atomic mass is 10.2. The standard InChI is InChI=1S/C14H15N3O2/c1-10(8-15)13(16-2)14(18)17-9-11-4-6-12(19-3)7-5-11/h4-8,15H,9H2,1,3H3,(H,17,18)/b13-10+,15-8?. The number of ether oxygens (including phenoxy) is 1. The van der Waals surface area contributed by atoms with Crippen LogP contribution in [0, 0.1) is 12.0 Å². The molecule has 5 nitrogen and oxygen atoms in total. The fourth-order valence-corrected chi connectivity index (χ4v) is 1.40. The zero-order valence-corrected chi connectivity index (χ0v) is 10.9. The number of carbonyl (C=O) groups is 1. The molecule has 0 radical (unpaired) electrons. The van der Waals surface area contributed by atoms with Gasteiger partial charge in [0.15, 0.2) is 0 Å². The van der Waals surface area contributed by atoms with Gasteiger partial charge in [-0.3, -0.25) is 4.79 Å². The predicted octanol–water partition coefficient (Wildman–Crippen LogP) is 2.15. The summed E-state index contributed by atoms with van der Waals surface area (Å²) in [6.45, 7) is 8.84. The molecule has 0 aliphatic rings. The van der Waals surface area contributed by atoms with Crippen LogP contribution >= 0.6 is 0 Å². The number of hydrogen-bond donors (Lipinski definition) is 2. The van der Waals surface area contributed by atoms with E-state index in [4.69, 9.17) is 16.7 Å². The molecule has 19 heavy (non-hydrogen) atoms. The van der Waals surface area contributed by atoms with Gasteiger partial charge in [0.2, 0.25) is 0 Å². The Morgan fingerprint density at radius 1 is 1.47 bits per heavy atom. The fraction of sp³-hybridized carbons (Fsp3) is 0.214. The van der Waals surface area contributed by atoms with Gasteiger partial charge < -0.3 is 15.5 Å². The largest absolute Gasteiger partial charge is 0.497 e. The number of allylic oxidation sites excluding steroid dienone is 1. The molecule has 98 valence electrons. The first kappa shape index (κ1) is 14.5. The van der Waals surface area contributed by atoms with E-state index in [0.29, 0.717) is 12.1 Å². The van der Waals surface area contributed by atoms with Crippen LogP contribution in [-0.4, -0.2) is 19.2 Å². The minimum Gasteiger partial charge on any atom is -0.497 e. The zero-order valence-electron chi connectivity index (χ0n) is 10.9. The Kier molecular flexibility index (Phi) is 5.30. The van der Waals surface area contributed by atoms with E-state index < -0.39 is 5.91 Å². The van der Waals surface area contributed by atoms with Gasteiger partial charge in [-0.05, 0) is 30.2 Å². The molecule has 0 aliphatic heterocycles. The molecular weight excluding hydrogens is 242 g/mol. The van der Waals surface area contributed by atoms with Gasteiger partial charge in [0.25, 0.3) is 11.6 Å². The molecule has 0 aromatic heterocycles. The number of methoxy groups -OCH3 is 1. The van der Waals surface area contributed by atoms with Crippen LogP contribution in [0.5, 0.6) is 5.75 Å². The molecular formula is C14H15N3O2. The van der Waals surface area contributed by atoms with Crippen molar-refractivity contribution in [2.45, 2.75) is 13.5 Å². The minimum absolute atomic E-state index is 0.0523. The lowest BCUT2D eigenvalue weighted by molar-refractivity contribution is -0.117. The Bertz CT molecular complexity index is 539. The van der Waals surface area contributed by atoms with E-state index in [1.54, 1.807) is 26.2 Å². The van der Waals surface area contributed by atoms with E-state index >= 15 is 0 Å². The monoisotopic (exact) mass is 257 g/mol. The van der Waals surface area contributed by atoms with Crippen LogP contribution in [-0.2, 0) is 11.3 Å². The maximum Gasteiger partial charge on any atom is 0.254 e. The second kappa shape index (κ2) is 6.97. The van der Waals surface area contributed by atoms with Crippen molar-refractivity contribution in [3.05, 3.63) is 52.5 Å².